The molecule has 1 fully saturated rings. The Morgan fingerprint density at radius 3 is 2.85 bits per heavy atom. The van der Waals surface area contributed by atoms with Crippen molar-refractivity contribution in [3.63, 3.8) is 0 Å². The van der Waals surface area contributed by atoms with Crippen molar-refractivity contribution in [3.8, 4) is 0 Å². The summed E-state index contributed by atoms with van der Waals surface area (Å²) in [7, 11) is 0. The Hall–Kier alpha value is -1.20. The number of urea groups is 1. The van der Waals surface area contributed by atoms with Crippen LogP contribution in [0.1, 0.15) is 12.0 Å². The Morgan fingerprint density at radius 2 is 2.20 bits per heavy atom. The van der Waals surface area contributed by atoms with Crippen LogP contribution in [-0.2, 0) is 11.2 Å². The molecule has 0 spiro atoms. The molecule has 0 bridgehead atoms. The minimum atomic E-state index is -0.145. The number of anilines is 1. The maximum absolute atomic E-state index is 11.8. The van der Waals surface area contributed by atoms with Crippen LogP contribution in [0.15, 0.2) is 24.3 Å². The number of hydrogen-bond acceptors (Lipinski definition) is 3. The lowest BCUT2D eigenvalue weighted by atomic mass is 10.1. The summed E-state index contributed by atoms with van der Waals surface area (Å²) in [5.74, 6) is 1.58. The number of thioether (sulfide) groups is 1. The van der Waals surface area contributed by atoms with Gasteiger partial charge in [0.1, 0.15) is 0 Å². The van der Waals surface area contributed by atoms with E-state index in [1.165, 1.54) is 5.56 Å². The lowest BCUT2D eigenvalue weighted by Gasteiger charge is -2.11. The molecule has 5 heteroatoms. The highest BCUT2D eigenvalue weighted by Gasteiger charge is 2.16. The number of carbonyl (C=O) groups is 1. The molecule has 1 atom stereocenters. The molecule has 1 heterocycles. The van der Waals surface area contributed by atoms with Crippen molar-refractivity contribution >= 4 is 23.5 Å². The number of rotatable bonds is 6. The van der Waals surface area contributed by atoms with Gasteiger partial charge in [0.25, 0.3) is 0 Å². The molecule has 1 aliphatic rings. The highest BCUT2D eigenvalue weighted by atomic mass is 32.2. The maximum Gasteiger partial charge on any atom is 0.319 e. The molecule has 2 rings (SSSR count). The molecule has 2 amide bonds. The third-order valence-electron chi connectivity index (χ3n) is 3.38. The number of aryl methyl sites for hydroxylation is 1. The second-order valence-electron chi connectivity index (χ2n) is 5.00. The van der Waals surface area contributed by atoms with E-state index in [4.69, 9.17) is 4.74 Å². The molecule has 0 radical (unpaired) electrons. The van der Waals surface area contributed by atoms with E-state index in [0.717, 1.165) is 37.5 Å². The predicted molar refractivity (Wildman–Crippen MR) is 84.5 cm³/mol. The Balaban J connectivity index is 1.72. The zero-order chi connectivity index (χ0) is 14.2. The summed E-state index contributed by atoms with van der Waals surface area (Å²) in [6.45, 7) is 2.24. The number of carbonyl (C=O) groups excluding carboxylic acids is 1. The second-order valence-corrected chi connectivity index (χ2v) is 5.99. The first-order chi connectivity index (χ1) is 9.78. The first-order valence-electron chi connectivity index (χ1n) is 6.98. The van der Waals surface area contributed by atoms with E-state index >= 15 is 0 Å². The van der Waals surface area contributed by atoms with Crippen molar-refractivity contribution in [1.82, 2.24) is 5.32 Å². The Labute approximate surface area is 124 Å². The molecule has 0 saturated carbocycles. The number of ether oxygens (including phenoxy) is 1. The zero-order valence-corrected chi connectivity index (χ0v) is 12.7. The van der Waals surface area contributed by atoms with E-state index in [-0.39, 0.29) is 6.03 Å². The SMILES string of the molecule is CSCCc1ccc(NC(=O)NCC2CCOC2)cc1. The van der Waals surface area contributed by atoms with Gasteiger partial charge in [-0.25, -0.2) is 4.79 Å². The van der Waals surface area contributed by atoms with E-state index in [2.05, 4.69) is 29.0 Å². The number of benzene rings is 1. The maximum atomic E-state index is 11.8. The van der Waals surface area contributed by atoms with Crippen molar-refractivity contribution in [2.75, 3.05) is 37.1 Å². The standard InChI is InChI=1S/C15H22N2O2S/c1-20-9-7-12-2-4-14(5-3-12)17-15(18)16-10-13-6-8-19-11-13/h2-5,13H,6-11H2,1H3,(H2,16,17,18). The lowest BCUT2D eigenvalue weighted by molar-refractivity contribution is 0.185. The van der Waals surface area contributed by atoms with Crippen molar-refractivity contribution in [2.24, 2.45) is 5.92 Å². The van der Waals surface area contributed by atoms with E-state index in [1.54, 1.807) is 0 Å². The van der Waals surface area contributed by atoms with Crippen LogP contribution in [0, 0.1) is 5.92 Å². The molecule has 2 N–H and O–H groups in total. The lowest BCUT2D eigenvalue weighted by Crippen LogP contribution is -2.33. The van der Waals surface area contributed by atoms with Gasteiger partial charge in [0.15, 0.2) is 0 Å². The Morgan fingerprint density at radius 1 is 1.40 bits per heavy atom. The molecule has 0 aliphatic carbocycles. The van der Waals surface area contributed by atoms with Gasteiger partial charge in [0.05, 0.1) is 6.61 Å². The average Bonchev–Trinajstić information content (AvgIpc) is 2.98. The van der Waals surface area contributed by atoms with Crippen LogP contribution in [0.25, 0.3) is 0 Å². The van der Waals surface area contributed by atoms with Crippen molar-refractivity contribution in [1.29, 1.82) is 0 Å². The minimum absolute atomic E-state index is 0.145. The summed E-state index contributed by atoms with van der Waals surface area (Å²) in [4.78, 5) is 11.8. The highest BCUT2D eigenvalue weighted by Crippen LogP contribution is 2.12. The smallest absolute Gasteiger partial charge is 0.319 e. The van der Waals surface area contributed by atoms with Gasteiger partial charge < -0.3 is 15.4 Å². The number of hydrogen-bond donors (Lipinski definition) is 2. The summed E-state index contributed by atoms with van der Waals surface area (Å²) in [6.07, 6.45) is 4.20. The van der Waals surface area contributed by atoms with Crippen LogP contribution in [-0.4, -0.2) is 37.8 Å². The van der Waals surface area contributed by atoms with Gasteiger partial charge >= 0.3 is 6.03 Å². The van der Waals surface area contributed by atoms with Crippen molar-refractivity contribution in [3.05, 3.63) is 29.8 Å². The first kappa shape index (κ1) is 15.2. The van der Waals surface area contributed by atoms with Crippen LogP contribution in [0.5, 0.6) is 0 Å². The first-order valence-corrected chi connectivity index (χ1v) is 8.38. The van der Waals surface area contributed by atoms with Gasteiger partial charge in [-0.15, -0.1) is 0 Å². The fourth-order valence-corrected chi connectivity index (χ4v) is 2.57. The second kappa shape index (κ2) is 8.17. The van der Waals surface area contributed by atoms with Gasteiger partial charge in [-0.1, -0.05) is 12.1 Å². The fourth-order valence-electron chi connectivity index (χ4n) is 2.13. The number of nitrogens with one attached hydrogen (secondary N) is 2. The normalized spacial score (nSPS) is 17.9. The van der Waals surface area contributed by atoms with Crippen molar-refractivity contribution in [2.45, 2.75) is 12.8 Å². The fraction of sp³-hybridized carbons (Fsp3) is 0.533. The molecule has 1 aliphatic heterocycles. The largest absolute Gasteiger partial charge is 0.381 e. The van der Waals surface area contributed by atoms with Crippen LogP contribution in [0.2, 0.25) is 0 Å². The molecule has 1 aromatic carbocycles. The van der Waals surface area contributed by atoms with Crippen LogP contribution in [0.4, 0.5) is 10.5 Å². The molecular weight excluding hydrogens is 272 g/mol. The summed E-state index contributed by atoms with van der Waals surface area (Å²) in [5, 5.41) is 5.74. The molecule has 1 aromatic rings. The van der Waals surface area contributed by atoms with E-state index in [0.29, 0.717) is 12.5 Å². The molecule has 0 aromatic heterocycles. The molecule has 110 valence electrons. The number of amides is 2. The quantitative estimate of drug-likeness (QED) is 0.848. The van der Waals surface area contributed by atoms with Gasteiger partial charge in [0, 0.05) is 24.8 Å². The third-order valence-corrected chi connectivity index (χ3v) is 3.99. The van der Waals surface area contributed by atoms with E-state index < -0.39 is 0 Å². The molecule has 4 nitrogen and oxygen atoms in total. The van der Waals surface area contributed by atoms with Crippen LogP contribution >= 0.6 is 11.8 Å². The van der Waals surface area contributed by atoms with Crippen LogP contribution < -0.4 is 10.6 Å². The zero-order valence-electron chi connectivity index (χ0n) is 11.9. The summed E-state index contributed by atoms with van der Waals surface area (Å²) in [5.41, 5.74) is 2.13. The van der Waals surface area contributed by atoms with Gasteiger partial charge in [-0.3, -0.25) is 0 Å². The van der Waals surface area contributed by atoms with Gasteiger partial charge in [-0.2, -0.15) is 11.8 Å². The average molecular weight is 294 g/mol. The summed E-state index contributed by atoms with van der Waals surface area (Å²) >= 11 is 1.84. The summed E-state index contributed by atoms with van der Waals surface area (Å²) in [6, 6.07) is 7.89. The minimum Gasteiger partial charge on any atom is -0.381 e. The summed E-state index contributed by atoms with van der Waals surface area (Å²) < 4.78 is 5.28. The Kier molecular flexibility index (Phi) is 6.21. The predicted octanol–water partition coefficient (Wildman–Crippen LogP) is 2.75. The molecule has 1 saturated heterocycles. The monoisotopic (exact) mass is 294 g/mol. The highest BCUT2D eigenvalue weighted by molar-refractivity contribution is 7.98. The van der Waals surface area contributed by atoms with Gasteiger partial charge in [0.2, 0.25) is 0 Å². The van der Waals surface area contributed by atoms with E-state index in [9.17, 15) is 4.79 Å². The molecule has 20 heavy (non-hydrogen) atoms. The molecular formula is C15H22N2O2S. The Bertz CT molecular complexity index is 416. The van der Waals surface area contributed by atoms with Crippen LogP contribution in [0.3, 0.4) is 0 Å². The van der Waals surface area contributed by atoms with Gasteiger partial charge in [-0.05, 0) is 42.5 Å². The molecule has 1 unspecified atom stereocenters. The van der Waals surface area contributed by atoms with E-state index in [1.807, 2.05) is 23.9 Å². The topological polar surface area (TPSA) is 50.4 Å². The third kappa shape index (κ3) is 5.06. The van der Waals surface area contributed by atoms with Crippen molar-refractivity contribution < 1.29 is 9.53 Å².